The second-order valence-corrected chi connectivity index (χ2v) is 7.13. The van der Waals surface area contributed by atoms with Gasteiger partial charge in [-0.3, -0.25) is 9.59 Å². The van der Waals surface area contributed by atoms with Gasteiger partial charge >= 0.3 is 0 Å². The summed E-state index contributed by atoms with van der Waals surface area (Å²) >= 11 is 0. The summed E-state index contributed by atoms with van der Waals surface area (Å²) in [5.74, 6) is -1.05. The number of piperidine rings is 1. The lowest BCUT2D eigenvalue weighted by molar-refractivity contribution is -0.181. The minimum Gasteiger partial charge on any atom is -0.347 e. The second-order valence-electron chi connectivity index (χ2n) is 7.13. The number of hydrogen-bond acceptors (Lipinski definition) is 5. The summed E-state index contributed by atoms with van der Waals surface area (Å²) in [5, 5.41) is 2.80. The Bertz CT molecular complexity index is 865. The number of aromatic nitrogens is 1. The first kappa shape index (κ1) is 18.6. The van der Waals surface area contributed by atoms with Crippen LogP contribution in [0, 0.1) is 6.92 Å². The van der Waals surface area contributed by atoms with Gasteiger partial charge in [-0.1, -0.05) is 23.8 Å². The van der Waals surface area contributed by atoms with Crippen molar-refractivity contribution in [2.24, 2.45) is 0 Å². The molecule has 2 fully saturated rings. The van der Waals surface area contributed by atoms with Gasteiger partial charge in [0.25, 0.3) is 11.8 Å². The van der Waals surface area contributed by atoms with Gasteiger partial charge in [-0.2, -0.15) is 0 Å². The lowest BCUT2D eigenvalue weighted by Crippen LogP contribution is -2.47. The minimum atomic E-state index is -0.528. The van der Waals surface area contributed by atoms with Gasteiger partial charge in [-0.25, -0.2) is 4.98 Å². The molecular weight excluding hydrogens is 358 g/mol. The van der Waals surface area contributed by atoms with Crippen molar-refractivity contribution in [2.45, 2.75) is 25.6 Å². The van der Waals surface area contributed by atoms with Gasteiger partial charge in [0.1, 0.15) is 11.4 Å². The highest BCUT2D eigenvalue weighted by Crippen LogP contribution is 2.31. The monoisotopic (exact) mass is 381 g/mol. The Balaban J connectivity index is 1.42. The van der Waals surface area contributed by atoms with E-state index in [4.69, 9.17) is 9.47 Å². The number of nitrogens with one attached hydrogen (secondary N) is 1. The van der Waals surface area contributed by atoms with Crippen LogP contribution in [0.1, 0.15) is 39.4 Å². The van der Waals surface area contributed by atoms with Crippen LogP contribution in [0.15, 0.2) is 42.5 Å². The standard InChI is InChI=1S/C21H23N3O4/c1-15-5-7-16(8-6-15)22-19(25)17-3-2-4-18(23-17)20(26)24-11-9-21(10-12-24)27-13-14-28-21/h2-8H,9-14H2,1H3,(H,22,25). The third kappa shape index (κ3) is 3.90. The van der Waals surface area contributed by atoms with Crippen molar-refractivity contribution < 1.29 is 19.1 Å². The number of benzene rings is 1. The Morgan fingerprint density at radius 2 is 1.64 bits per heavy atom. The predicted octanol–water partition coefficient (Wildman–Crippen LogP) is 2.62. The lowest BCUT2D eigenvalue weighted by atomic mass is 10.0. The van der Waals surface area contributed by atoms with Crippen LogP contribution in [0.3, 0.4) is 0 Å². The van der Waals surface area contributed by atoms with E-state index < -0.39 is 5.79 Å². The van der Waals surface area contributed by atoms with Crippen LogP contribution in [-0.2, 0) is 9.47 Å². The van der Waals surface area contributed by atoms with Gasteiger partial charge in [-0.05, 0) is 31.2 Å². The van der Waals surface area contributed by atoms with E-state index in [1.54, 1.807) is 23.1 Å². The fourth-order valence-electron chi connectivity index (χ4n) is 3.51. The van der Waals surface area contributed by atoms with Gasteiger partial charge < -0.3 is 19.7 Å². The number of likely N-dealkylation sites (tertiary alicyclic amines) is 1. The molecule has 0 aliphatic carbocycles. The summed E-state index contributed by atoms with van der Waals surface area (Å²) in [6.07, 6.45) is 1.29. The third-order valence-electron chi connectivity index (χ3n) is 5.14. The highest BCUT2D eigenvalue weighted by molar-refractivity contribution is 6.03. The number of hydrogen-bond donors (Lipinski definition) is 1. The average Bonchev–Trinajstić information content (AvgIpc) is 3.18. The van der Waals surface area contributed by atoms with Crippen molar-refractivity contribution in [3.8, 4) is 0 Å². The number of rotatable bonds is 3. The molecule has 1 spiro atoms. The maximum absolute atomic E-state index is 12.8. The molecule has 0 bridgehead atoms. The van der Waals surface area contributed by atoms with Gasteiger partial charge in [-0.15, -0.1) is 0 Å². The van der Waals surface area contributed by atoms with Gasteiger partial charge in [0.05, 0.1) is 13.2 Å². The number of amides is 2. The first-order valence-corrected chi connectivity index (χ1v) is 9.47. The van der Waals surface area contributed by atoms with Crippen molar-refractivity contribution in [1.82, 2.24) is 9.88 Å². The Labute approximate surface area is 163 Å². The zero-order chi connectivity index (χ0) is 19.6. The molecule has 1 aromatic heterocycles. The molecule has 4 rings (SSSR count). The number of carbonyl (C=O) groups is 2. The number of pyridine rings is 1. The lowest BCUT2D eigenvalue weighted by Gasteiger charge is -2.37. The molecule has 2 aromatic rings. The molecule has 2 saturated heterocycles. The smallest absolute Gasteiger partial charge is 0.274 e. The minimum absolute atomic E-state index is 0.183. The molecule has 7 heteroatoms. The Kier molecular flexibility index (Phi) is 5.11. The third-order valence-corrected chi connectivity index (χ3v) is 5.14. The first-order valence-electron chi connectivity index (χ1n) is 9.47. The largest absolute Gasteiger partial charge is 0.347 e. The number of anilines is 1. The van der Waals surface area contributed by atoms with Gasteiger partial charge in [0, 0.05) is 31.6 Å². The Morgan fingerprint density at radius 3 is 2.32 bits per heavy atom. The molecule has 2 aliphatic rings. The molecule has 0 saturated carbocycles. The molecule has 146 valence electrons. The molecule has 1 aromatic carbocycles. The van der Waals surface area contributed by atoms with E-state index in [1.165, 1.54) is 0 Å². The molecule has 3 heterocycles. The summed E-state index contributed by atoms with van der Waals surface area (Å²) < 4.78 is 11.4. The van der Waals surface area contributed by atoms with E-state index in [0.29, 0.717) is 44.8 Å². The maximum Gasteiger partial charge on any atom is 0.274 e. The van der Waals surface area contributed by atoms with E-state index in [2.05, 4.69) is 10.3 Å². The summed E-state index contributed by atoms with van der Waals surface area (Å²) in [4.78, 5) is 31.3. The predicted molar refractivity (Wildman–Crippen MR) is 103 cm³/mol. The molecule has 0 radical (unpaired) electrons. The van der Waals surface area contributed by atoms with E-state index in [0.717, 1.165) is 5.56 Å². The topological polar surface area (TPSA) is 80.8 Å². The zero-order valence-corrected chi connectivity index (χ0v) is 15.8. The molecule has 2 aliphatic heterocycles. The molecule has 1 N–H and O–H groups in total. The van der Waals surface area contributed by atoms with Gasteiger partial charge in [0.2, 0.25) is 0 Å². The van der Waals surface area contributed by atoms with E-state index >= 15 is 0 Å². The van der Waals surface area contributed by atoms with E-state index in [1.807, 2.05) is 31.2 Å². The van der Waals surface area contributed by atoms with Crippen LogP contribution in [0.4, 0.5) is 5.69 Å². The van der Waals surface area contributed by atoms with Crippen molar-refractivity contribution in [3.63, 3.8) is 0 Å². The van der Waals surface area contributed by atoms with Crippen LogP contribution >= 0.6 is 0 Å². The SMILES string of the molecule is Cc1ccc(NC(=O)c2cccc(C(=O)N3CCC4(CC3)OCCO4)n2)cc1. The molecule has 0 atom stereocenters. The zero-order valence-electron chi connectivity index (χ0n) is 15.8. The summed E-state index contributed by atoms with van der Waals surface area (Å²) in [6.45, 7) is 4.28. The average molecular weight is 381 g/mol. The molecule has 0 unspecified atom stereocenters. The fraction of sp³-hybridized carbons (Fsp3) is 0.381. The molecular formula is C21H23N3O4. The van der Waals surface area contributed by atoms with Crippen molar-refractivity contribution in [1.29, 1.82) is 0 Å². The van der Waals surface area contributed by atoms with Crippen molar-refractivity contribution in [3.05, 3.63) is 59.4 Å². The van der Waals surface area contributed by atoms with Crippen LogP contribution in [0.5, 0.6) is 0 Å². The summed E-state index contributed by atoms with van der Waals surface area (Å²) in [7, 11) is 0. The summed E-state index contributed by atoms with van der Waals surface area (Å²) in [6, 6.07) is 12.4. The second kappa shape index (κ2) is 7.69. The van der Waals surface area contributed by atoms with Crippen LogP contribution in [0.25, 0.3) is 0 Å². The number of nitrogens with zero attached hydrogens (tertiary/aromatic N) is 2. The normalized spacial score (nSPS) is 18.2. The Hall–Kier alpha value is -2.77. The number of ether oxygens (including phenoxy) is 2. The van der Waals surface area contributed by atoms with Crippen molar-refractivity contribution in [2.75, 3.05) is 31.6 Å². The van der Waals surface area contributed by atoms with E-state index in [-0.39, 0.29) is 23.2 Å². The molecule has 7 nitrogen and oxygen atoms in total. The van der Waals surface area contributed by atoms with Crippen LogP contribution < -0.4 is 5.32 Å². The Morgan fingerprint density at radius 1 is 1.00 bits per heavy atom. The maximum atomic E-state index is 12.8. The van der Waals surface area contributed by atoms with Crippen LogP contribution in [-0.4, -0.2) is 53.8 Å². The fourth-order valence-corrected chi connectivity index (χ4v) is 3.51. The quantitative estimate of drug-likeness (QED) is 0.884. The highest BCUT2D eigenvalue weighted by atomic mass is 16.7. The first-order chi connectivity index (χ1) is 13.5. The van der Waals surface area contributed by atoms with Crippen molar-refractivity contribution >= 4 is 17.5 Å². The number of aryl methyl sites for hydroxylation is 1. The van der Waals surface area contributed by atoms with Gasteiger partial charge in [0.15, 0.2) is 5.79 Å². The van der Waals surface area contributed by atoms with Crippen LogP contribution in [0.2, 0.25) is 0 Å². The highest BCUT2D eigenvalue weighted by Gasteiger charge is 2.41. The summed E-state index contributed by atoms with van der Waals surface area (Å²) in [5.41, 5.74) is 2.27. The number of carbonyl (C=O) groups excluding carboxylic acids is 2. The molecule has 28 heavy (non-hydrogen) atoms. The molecule has 2 amide bonds. The van der Waals surface area contributed by atoms with E-state index in [9.17, 15) is 9.59 Å².